The van der Waals surface area contributed by atoms with Gasteiger partial charge in [-0.2, -0.15) is 0 Å². The topological polar surface area (TPSA) is 66.5 Å². The lowest BCUT2D eigenvalue weighted by Gasteiger charge is -2.41. The minimum atomic E-state index is 0.348. The van der Waals surface area contributed by atoms with E-state index >= 15 is 0 Å². The fourth-order valence-corrected chi connectivity index (χ4v) is 4.46. The van der Waals surface area contributed by atoms with Gasteiger partial charge in [-0.1, -0.05) is 0 Å². The molecule has 1 aliphatic rings. The molecule has 2 aromatic carbocycles. The van der Waals surface area contributed by atoms with Gasteiger partial charge in [0, 0.05) is 42.3 Å². The Hall–Kier alpha value is -3.48. The lowest BCUT2D eigenvalue weighted by atomic mass is 10.1. The summed E-state index contributed by atoms with van der Waals surface area (Å²) in [5.74, 6) is 2.70. The minimum Gasteiger partial charge on any atom is -0.497 e. The molecule has 4 aromatic rings. The first-order valence-electron chi connectivity index (χ1n) is 10.7. The first-order valence-corrected chi connectivity index (χ1v) is 10.7. The summed E-state index contributed by atoms with van der Waals surface area (Å²) < 4.78 is 11.0. The maximum absolute atomic E-state index is 5.68. The number of hydrogen-bond donors (Lipinski definition) is 1. The molecule has 1 atom stereocenters. The largest absolute Gasteiger partial charge is 0.497 e. The van der Waals surface area contributed by atoms with Gasteiger partial charge in [-0.25, -0.2) is 9.97 Å². The lowest BCUT2D eigenvalue weighted by molar-refractivity contribution is 0.341. The number of aromatic nitrogens is 3. The number of benzene rings is 2. The third-order valence-electron chi connectivity index (χ3n) is 5.98. The summed E-state index contributed by atoms with van der Waals surface area (Å²) in [6.07, 6.45) is 1.67. The van der Waals surface area contributed by atoms with Gasteiger partial charge in [-0.05, 0) is 56.3 Å². The summed E-state index contributed by atoms with van der Waals surface area (Å²) in [5.41, 5.74) is 4.18. The zero-order valence-electron chi connectivity index (χ0n) is 18.1. The highest BCUT2D eigenvalue weighted by Gasteiger charge is 2.26. The molecule has 1 aliphatic heterocycles. The van der Waals surface area contributed by atoms with Crippen molar-refractivity contribution in [1.82, 2.24) is 15.0 Å². The summed E-state index contributed by atoms with van der Waals surface area (Å²) in [5, 5.41) is 1.06. The van der Waals surface area contributed by atoms with Crippen molar-refractivity contribution in [3.63, 3.8) is 0 Å². The zero-order valence-corrected chi connectivity index (χ0v) is 18.1. The molecule has 0 bridgehead atoms. The number of nitrogens with one attached hydrogen (secondary N) is 1. The van der Waals surface area contributed by atoms with Gasteiger partial charge in [-0.3, -0.25) is 0 Å². The van der Waals surface area contributed by atoms with E-state index in [9.17, 15) is 0 Å². The zero-order chi connectivity index (χ0) is 21.4. The van der Waals surface area contributed by atoms with Crippen molar-refractivity contribution < 1.29 is 9.47 Å². The monoisotopic (exact) mass is 417 g/mol. The number of fused-ring (bicyclic) bond motifs is 3. The molecule has 0 spiro atoms. The number of piperazine rings is 1. The van der Waals surface area contributed by atoms with Gasteiger partial charge >= 0.3 is 0 Å². The smallest absolute Gasteiger partial charge is 0.156 e. The number of anilines is 2. The Kier molecular flexibility index (Phi) is 5.02. The molecule has 0 aliphatic carbocycles. The Morgan fingerprint density at radius 2 is 1.87 bits per heavy atom. The van der Waals surface area contributed by atoms with Crippen LogP contribution < -0.4 is 19.3 Å². The van der Waals surface area contributed by atoms with Gasteiger partial charge in [0.15, 0.2) is 5.82 Å². The third-order valence-corrected chi connectivity index (χ3v) is 5.98. The highest BCUT2D eigenvalue weighted by molar-refractivity contribution is 6.08. The number of hydrogen-bond acceptors (Lipinski definition) is 6. The normalized spacial score (nSPS) is 16.8. The van der Waals surface area contributed by atoms with Crippen LogP contribution in [0.5, 0.6) is 11.5 Å². The molecule has 0 radical (unpaired) electrons. The van der Waals surface area contributed by atoms with E-state index in [1.165, 1.54) is 5.69 Å². The highest BCUT2D eigenvalue weighted by atomic mass is 16.5. The molecule has 31 heavy (non-hydrogen) atoms. The number of aromatic amines is 1. The van der Waals surface area contributed by atoms with E-state index in [-0.39, 0.29) is 0 Å². The Morgan fingerprint density at radius 1 is 1.06 bits per heavy atom. The molecular weight excluding hydrogens is 390 g/mol. The summed E-state index contributed by atoms with van der Waals surface area (Å²) in [7, 11) is 1.69. The Bertz CT molecular complexity index is 1200. The van der Waals surface area contributed by atoms with Crippen molar-refractivity contribution in [2.24, 2.45) is 0 Å². The van der Waals surface area contributed by atoms with Gasteiger partial charge in [-0.15, -0.1) is 0 Å². The van der Waals surface area contributed by atoms with Crippen LogP contribution in [0.15, 0.2) is 48.8 Å². The van der Waals surface area contributed by atoms with Gasteiger partial charge in [0.2, 0.25) is 0 Å². The first-order chi connectivity index (χ1) is 15.2. The molecule has 7 heteroatoms. The van der Waals surface area contributed by atoms with Gasteiger partial charge < -0.3 is 24.3 Å². The summed E-state index contributed by atoms with van der Waals surface area (Å²) in [6, 6.07) is 14.7. The van der Waals surface area contributed by atoms with E-state index < -0.39 is 0 Å². The van der Waals surface area contributed by atoms with Crippen molar-refractivity contribution in [1.29, 1.82) is 0 Å². The lowest BCUT2D eigenvalue weighted by Crippen LogP contribution is -2.52. The number of nitrogens with zero attached hydrogens (tertiary/aromatic N) is 4. The molecule has 1 fully saturated rings. The van der Waals surface area contributed by atoms with Crippen LogP contribution in [0.4, 0.5) is 11.5 Å². The molecule has 0 amide bonds. The standard InChI is InChI=1S/C24H27N5O2/c1-4-31-19-9-10-21-20(13-19)22-23(27-21)24(26-15-25-22)28-11-12-29(16(2)14-28)17-5-7-18(30-3)8-6-17/h5-10,13,15-16,27H,4,11-12,14H2,1-3H3/t16-/m1/s1. The van der Waals surface area contributed by atoms with Crippen LogP contribution in [0.3, 0.4) is 0 Å². The number of ether oxygens (including phenoxy) is 2. The molecule has 5 rings (SSSR count). The average molecular weight is 418 g/mol. The van der Waals surface area contributed by atoms with Crippen LogP contribution in [0.25, 0.3) is 21.9 Å². The van der Waals surface area contributed by atoms with E-state index in [1.807, 2.05) is 25.1 Å². The second kappa shape index (κ2) is 7.98. The number of H-pyrrole nitrogens is 1. The molecule has 1 saturated heterocycles. The molecule has 0 unspecified atom stereocenters. The van der Waals surface area contributed by atoms with E-state index in [4.69, 9.17) is 9.47 Å². The SMILES string of the molecule is CCOc1ccc2[nH]c3c(N4CCN(c5ccc(OC)cc5)[C@H](C)C4)ncnc3c2c1. The molecule has 1 N–H and O–H groups in total. The molecule has 2 aromatic heterocycles. The van der Waals surface area contributed by atoms with Gasteiger partial charge in [0.25, 0.3) is 0 Å². The number of rotatable bonds is 5. The van der Waals surface area contributed by atoms with Crippen LogP contribution in [0.2, 0.25) is 0 Å². The van der Waals surface area contributed by atoms with E-state index in [0.717, 1.165) is 58.9 Å². The molecule has 3 heterocycles. The molecule has 7 nitrogen and oxygen atoms in total. The molecule has 160 valence electrons. The van der Waals surface area contributed by atoms with Crippen molar-refractivity contribution in [2.75, 3.05) is 43.2 Å². The van der Waals surface area contributed by atoms with E-state index in [2.05, 4.69) is 55.9 Å². The first kappa shape index (κ1) is 19.5. The highest BCUT2D eigenvalue weighted by Crippen LogP contribution is 2.33. The van der Waals surface area contributed by atoms with Crippen LogP contribution in [-0.2, 0) is 0 Å². The van der Waals surface area contributed by atoms with Crippen LogP contribution in [-0.4, -0.2) is 54.3 Å². The Balaban J connectivity index is 1.44. The van der Waals surface area contributed by atoms with Gasteiger partial charge in [0.1, 0.15) is 28.9 Å². The molecular formula is C24H27N5O2. The molecule has 0 saturated carbocycles. The van der Waals surface area contributed by atoms with Crippen molar-refractivity contribution in [2.45, 2.75) is 19.9 Å². The van der Waals surface area contributed by atoms with E-state index in [1.54, 1.807) is 13.4 Å². The van der Waals surface area contributed by atoms with Gasteiger partial charge in [0.05, 0.1) is 13.7 Å². The minimum absolute atomic E-state index is 0.348. The van der Waals surface area contributed by atoms with Crippen LogP contribution in [0, 0.1) is 0 Å². The maximum Gasteiger partial charge on any atom is 0.156 e. The van der Waals surface area contributed by atoms with Crippen molar-refractivity contribution in [3.8, 4) is 11.5 Å². The number of methoxy groups -OCH3 is 1. The summed E-state index contributed by atoms with van der Waals surface area (Å²) >= 11 is 0. The van der Waals surface area contributed by atoms with Crippen LogP contribution >= 0.6 is 0 Å². The third kappa shape index (κ3) is 3.50. The Morgan fingerprint density at radius 3 is 2.61 bits per heavy atom. The van der Waals surface area contributed by atoms with E-state index in [0.29, 0.717) is 12.6 Å². The van der Waals surface area contributed by atoms with Crippen molar-refractivity contribution >= 4 is 33.4 Å². The fraction of sp³-hybridized carbons (Fsp3) is 0.333. The van der Waals surface area contributed by atoms with Crippen LogP contribution in [0.1, 0.15) is 13.8 Å². The second-order valence-corrected chi connectivity index (χ2v) is 7.87. The average Bonchev–Trinajstić information content (AvgIpc) is 3.17. The summed E-state index contributed by atoms with van der Waals surface area (Å²) in [4.78, 5) is 17.6. The summed E-state index contributed by atoms with van der Waals surface area (Å²) in [6.45, 7) is 7.60. The second-order valence-electron chi connectivity index (χ2n) is 7.87. The maximum atomic E-state index is 5.68. The van der Waals surface area contributed by atoms with Crippen molar-refractivity contribution in [3.05, 3.63) is 48.8 Å². The Labute approximate surface area is 181 Å². The fourth-order valence-electron chi connectivity index (χ4n) is 4.46. The quantitative estimate of drug-likeness (QED) is 0.524. The predicted molar refractivity (Wildman–Crippen MR) is 125 cm³/mol. The predicted octanol–water partition coefficient (Wildman–Crippen LogP) is 4.23.